The van der Waals surface area contributed by atoms with Gasteiger partial charge in [-0.25, -0.2) is 0 Å². The maximum Gasteiger partial charge on any atom is 0.191 e. The van der Waals surface area contributed by atoms with Crippen LogP contribution in [-0.2, 0) is 17.7 Å². The van der Waals surface area contributed by atoms with E-state index in [9.17, 15) is 0 Å². The number of guanidine groups is 1. The molecule has 2 fully saturated rings. The van der Waals surface area contributed by atoms with Gasteiger partial charge in [0, 0.05) is 30.6 Å². The minimum Gasteiger partial charge on any atom is -0.373 e. The van der Waals surface area contributed by atoms with Gasteiger partial charge in [0.2, 0.25) is 0 Å². The lowest BCUT2D eigenvalue weighted by Gasteiger charge is -2.32. The van der Waals surface area contributed by atoms with E-state index in [1.165, 1.54) is 24.8 Å². The van der Waals surface area contributed by atoms with E-state index in [0.717, 1.165) is 38.6 Å². The number of fused-ring (bicyclic) bond motifs is 3. The number of nitrogens with one attached hydrogen (secondary N) is 2. The molecule has 4 heterocycles. The molecule has 1 aromatic rings. The molecule has 146 valence electrons. The van der Waals surface area contributed by atoms with E-state index in [4.69, 9.17) is 9.73 Å². The second-order valence-electron chi connectivity index (χ2n) is 7.52. The zero-order chi connectivity index (χ0) is 17.2. The third kappa shape index (κ3) is 4.54. The van der Waals surface area contributed by atoms with Crippen LogP contribution >= 0.6 is 35.3 Å². The predicted octanol–water partition coefficient (Wildman–Crippen LogP) is 2.99. The number of ether oxygens (including phenoxy) is 1. The molecule has 7 heteroatoms. The Bertz CT molecular complexity index is 622. The minimum atomic E-state index is 0. The third-order valence-corrected chi connectivity index (χ3v) is 6.77. The molecule has 26 heavy (non-hydrogen) atoms. The molecule has 3 aliphatic heterocycles. The number of hydrogen-bond donors (Lipinski definition) is 2. The summed E-state index contributed by atoms with van der Waals surface area (Å²) >= 11 is 1.90. The van der Waals surface area contributed by atoms with Crippen LogP contribution < -0.4 is 10.6 Å². The first kappa shape index (κ1) is 20.4. The number of hydrogen-bond acceptors (Lipinski definition) is 4. The zero-order valence-corrected chi connectivity index (χ0v) is 18.9. The highest BCUT2D eigenvalue weighted by Crippen LogP contribution is 2.34. The normalized spacial score (nSPS) is 29.2. The van der Waals surface area contributed by atoms with Gasteiger partial charge in [0.25, 0.3) is 0 Å². The SMILES string of the molecule is CCNC(=NCC(C)N1CCc2sccc2C1)NC1CC2CCC1O2.I. The molecule has 2 bridgehead atoms. The molecular weight excluding hydrogens is 459 g/mol. The van der Waals surface area contributed by atoms with Crippen molar-refractivity contribution >= 4 is 41.3 Å². The zero-order valence-electron chi connectivity index (χ0n) is 15.7. The fraction of sp³-hybridized carbons (Fsp3) is 0.737. The fourth-order valence-electron chi connectivity index (χ4n) is 4.27. The number of thiophene rings is 1. The number of nitrogens with zero attached hydrogens (tertiary/aromatic N) is 2. The lowest BCUT2D eigenvalue weighted by atomic mass is 9.96. The van der Waals surface area contributed by atoms with Gasteiger partial charge >= 0.3 is 0 Å². The Morgan fingerprint density at radius 3 is 3.08 bits per heavy atom. The molecular formula is C19H31IN4OS. The summed E-state index contributed by atoms with van der Waals surface area (Å²) in [5.74, 6) is 0.948. The van der Waals surface area contributed by atoms with E-state index in [-0.39, 0.29) is 24.0 Å². The van der Waals surface area contributed by atoms with Gasteiger partial charge in [0.15, 0.2) is 5.96 Å². The maximum atomic E-state index is 5.96. The standard InChI is InChI=1S/C19H30N4OS.HI/c1-3-20-19(22-16-10-15-4-5-17(16)24-15)21-11-13(2)23-8-6-18-14(12-23)7-9-25-18;/h7,9,13,15-17H,3-6,8,10-12H2,1-2H3,(H2,20,21,22);1H. The highest BCUT2D eigenvalue weighted by molar-refractivity contribution is 14.0. The van der Waals surface area contributed by atoms with Crippen LogP contribution in [0.2, 0.25) is 0 Å². The Morgan fingerprint density at radius 2 is 2.35 bits per heavy atom. The van der Waals surface area contributed by atoms with Crippen LogP contribution in [0.1, 0.15) is 43.6 Å². The van der Waals surface area contributed by atoms with Gasteiger partial charge in [-0.15, -0.1) is 35.3 Å². The van der Waals surface area contributed by atoms with E-state index >= 15 is 0 Å². The van der Waals surface area contributed by atoms with Crippen molar-refractivity contribution in [2.75, 3.05) is 19.6 Å². The molecule has 5 nitrogen and oxygen atoms in total. The Hall–Kier alpha value is -0.380. The summed E-state index contributed by atoms with van der Waals surface area (Å²) in [6.07, 6.45) is 5.57. The van der Waals surface area contributed by atoms with Gasteiger partial charge in [-0.05, 0) is 56.5 Å². The van der Waals surface area contributed by atoms with Crippen molar-refractivity contribution < 1.29 is 4.74 Å². The van der Waals surface area contributed by atoms with Crippen molar-refractivity contribution in [3.05, 3.63) is 21.9 Å². The molecule has 2 saturated heterocycles. The maximum absolute atomic E-state index is 5.96. The lowest BCUT2D eigenvalue weighted by Crippen LogP contribution is -2.48. The van der Waals surface area contributed by atoms with Gasteiger partial charge in [0.05, 0.1) is 24.8 Å². The van der Waals surface area contributed by atoms with Crippen LogP contribution in [0.4, 0.5) is 0 Å². The van der Waals surface area contributed by atoms with Crippen LogP contribution in [0.5, 0.6) is 0 Å². The molecule has 4 unspecified atom stereocenters. The van der Waals surface area contributed by atoms with Gasteiger partial charge in [-0.2, -0.15) is 0 Å². The van der Waals surface area contributed by atoms with E-state index in [1.54, 1.807) is 4.88 Å². The number of halogens is 1. The summed E-state index contributed by atoms with van der Waals surface area (Å²) in [5.41, 5.74) is 1.51. The molecule has 2 N–H and O–H groups in total. The van der Waals surface area contributed by atoms with Crippen molar-refractivity contribution in [3.8, 4) is 0 Å². The summed E-state index contributed by atoms with van der Waals surface area (Å²) in [5, 5.41) is 9.24. The van der Waals surface area contributed by atoms with E-state index in [1.807, 2.05) is 11.3 Å². The Labute approximate surface area is 178 Å². The lowest BCUT2D eigenvalue weighted by molar-refractivity contribution is 0.0992. The fourth-order valence-corrected chi connectivity index (χ4v) is 5.16. The molecule has 0 radical (unpaired) electrons. The van der Waals surface area contributed by atoms with Crippen molar-refractivity contribution in [3.63, 3.8) is 0 Å². The molecule has 0 saturated carbocycles. The molecule has 4 rings (SSSR count). The summed E-state index contributed by atoms with van der Waals surface area (Å²) < 4.78 is 5.96. The second kappa shape index (κ2) is 9.21. The van der Waals surface area contributed by atoms with Crippen LogP contribution in [0.3, 0.4) is 0 Å². The van der Waals surface area contributed by atoms with Gasteiger partial charge in [-0.1, -0.05) is 0 Å². The minimum absolute atomic E-state index is 0. The number of aliphatic imine (C=N–C) groups is 1. The highest BCUT2D eigenvalue weighted by atomic mass is 127. The van der Waals surface area contributed by atoms with Gasteiger partial charge in [0.1, 0.15) is 0 Å². The first-order valence-electron chi connectivity index (χ1n) is 9.72. The molecule has 0 amide bonds. The van der Waals surface area contributed by atoms with E-state index in [2.05, 4.69) is 40.8 Å². The molecule has 4 atom stereocenters. The van der Waals surface area contributed by atoms with Crippen molar-refractivity contribution in [1.29, 1.82) is 0 Å². The van der Waals surface area contributed by atoms with Crippen LogP contribution in [0.25, 0.3) is 0 Å². The quantitative estimate of drug-likeness (QED) is 0.379. The summed E-state index contributed by atoms with van der Waals surface area (Å²) in [6, 6.07) is 3.16. The monoisotopic (exact) mass is 490 g/mol. The Kier molecular flexibility index (Phi) is 7.21. The van der Waals surface area contributed by atoms with Crippen molar-refractivity contribution in [2.45, 2.75) is 70.4 Å². The average Bonchev–Trinajstić information content (AvgIpc) is 3.35. The van der Waals surface area contributed by atoms with Crippen molar-refractivity contribution in [1.82, 2.24) is 15.5 Å². The first-order valence-corrected chi connectivity index (χ1v) is 10.6. The Balaban J connectivity index is 0.00000196. The molecule has 1 aromatic heterocycles. The Morgan fingerprint density at radius 1 is 1.46 bits per heavy atom. The topological polar surface area (TPSA) is 48.9 Å². The average molecular weight is 490 g/mol. The summed E-state index contributed by atoms with van der Waals surface area (Å²) in [4.78, 5) is 9.01. The van der Waals surface area contributed by atoms with Crippen LogP contribution in [-0.4, -0.2) is 54.8 Å². The molecule has 3 aliphatic rings. The van der Waals surface area contributed by atoms with Gasteiger partial charge < -0.3 is 15.4 Å². The first-order chi connectivity index (χ1) is 12.2. The van der Waals surface area contributed by atoms with E-state index < -0.39 is 0 Å². The largest absolute Gasteiger partial charge is 0.373 e. The molecule has 0 aliphatic carbocycles. The van der Waals surface area contributed by atoms with Crippen LogP contribution in [0.15, 0.2) is 16.4 Å². The number of rotatable bonds is 5. The van der Waals surface area contributed by atoms with Crippen molar-refractivity contribution in [2.24, 2.45) is 4.99 Å². The molecule has 0 aromatic carbocycles. The van der Waals surface area contributed by atoms with Crippen LogP contribution in [0, 0.1) is 0 Å². The predicted molar refractivity (Wildman–Crippen MR) is 119 cm³/mol. The van der Waals surface area contributed by atoms with E-state index in [0.29, 0.717) is 24.3 Å². The second-order valence-corrected chi connectivity index (χ2v) is 8.52. The smallest absolute Gasteiger partial charge is 0.191 e. The molecule has 0 spiro atoms. The van der Waals surface area contributed by atoms with Gasteiger partial charge in [-0.3, -0.25) is 9.89 Å². The summed E-state index contributed by atoms with van der Waals surface area (Å²) in [7, 11) is 0. The highest BCUT2D eigenvalue weighted by Gasteiger charge is 2.41. The third-order valence-electron chi connectivity index (χ3n) is 5.75. The summed E-state index contributed by atoms with van der Waals surface area (Å²) in [6.45, 7) is 8.36.